The van der Waals surface area contributed by atoms with Crippen molar-refractivity contribution in [2.45, 2.75) is 0 Å². The Balaban J connectivity index is 0.000000252. The minimum Gasteiger partial charge on any atom is -0.497 e. The molecule has 0 aliphatic rings. The van der Waals surface area contributed by atoms with Gasteiger partial charge in [0.05, 0.1) is 7.11 Å². The molecule has 0 heterocycles. The van der Waals surface area contributed by atoms with Gasteiger partial charge in [0.1, 0.15) is 5.75 Å². The van der Waals surface area contributed by atoms with Crippen molar-refractivity contribution in [2.24, 2.45) is 0 Å². The van der Waals surface area contributed by atoms with Crippen LogP contribution in [0, 0.1) is 0 Å². The van der Waals surface area contributed by atoms with Gasteiger partial charge in [-0.25, -0.2) is 0 Å². The zero-order valence-corrected chi connectivity index (χ0v) is 7.73. The number of methoxy groups -OCH3 is 1. The van der Waals surface area contributed by atoms with Crippen LogP contribution in [0.25, 0.3) is 0 Å². The van der Waals surface area contributed by atoms with Crippen molar-refractivity contribution in [1.82, 2.24) is 0 Å². The SMILES string of the molecule is COc1ccccc1.O=S(=O)(O)O. The average Bonchev–Trinajstić information content (AvgIpc) is 2.03. The summed E-state index contributed by atoms with van der Waals surface area (Å²) in [6, 6.07) is 9.68. The van der Waals surface area contributed by atoms with Gasteiger partial charge < -0.3 is 4.74 Å². The Kier molecular flexibility index (Phi) is 5.05. The Morgan fingerprint density at radius 3 is 1.77 bits per heavy atom. The van der Waals surface area contributed by atoms with Crippen LogP contribution >= 0.6 is 0 Å². The molecular weight excluding hydrogens is 196 g/mol. The number of ether oxygens (including phenoxy) is 1. The predicted octanol–water partition coefficient (Wildman–Crippen LogP) is 1.04. The van der Waals surface area contributed by atoms with Crippen LogP contribution in [-0.2, 0) is 10.4 Å². The number of benzene rings is 1. The molecule has 0 radical (unpaired) electrons. The highest BCUT2D eigenvalue weighted by atomic mass is 32.3. The molecule has 0 aliphatic heterocycles. The molecule has 0 atom stereocenters. The first kappa shape index (κ1) is 11.9. The van der Waals surface area contributed by atoms with Crippen LogP contribution < -0.4 is 4.74 Å². The largest absolute Gasteiger partial charge is 0.497 e. The number of rotatable bonds is 1. The van der Waals surface area contributed by atoms with Gasteiger partial charge in [-0.15, -0.1) is 0 Å². The molecule has 0 bridgehead atoms. The maximum atomic E-state index is 8.74. The lowest BCUT2D eigenvalue weighted by Gasteiger charge is -1.93. The minimum atomic E-state index is -4.67. The van der Waals surface area contributed by atoms with Crippen molar-refractivity contribution in [3.63, 3.8) is 0 Å². The van der Waals surface area contributed by atoms with Crippen molar-refractivity contribution >= 4 is 10.4 Å². The zero-order valence-electron chi connectivity index (χ0n) is 6.91. The normalized spacial score (nSPS) is 9.77. The van der Waals surface area contributed by atoms with Gasteiger partial charge in [-0.05, 0) is 12.1 Å². The minimum absolute atomic E-state index is 0.910. The summed E-state index contributed by atoms with van der Waals surface area (Å²) < 4.78 is 36.5. The molecule has 74 valence electrons. The molecule has 1 aromatic carbocycles. The summed E-state index contributed by atoms with van der Waals surface area (Å²) in [4.78, 5) is 0. The fourth-order valence-corrected chi connectivity index (χ4v) is 0.557. The highest BCUT2D eigenvalue weighted by Crippen LogP contribution is 2.05. The lowest BCUT2D eigenvalue weighted by Crippen LogP contribution is -1.89. The van der Waals surface area contributed by atoms with Crippen LogP contribution in [-0.4, -0.2) is 24.6 Å². The van der Waals surface area contributed by atoms with Gasteiger partial charge in [0.2, 0.25) is 0 Å². The fraction of sp³-hybridized carbons (Fsp3) is 0.143. The quantitative estimate of drug-likeness (QED) is 0.671. The van der Waals surface area contributed by atoms with Crippen molar-refractivity contribution in [3.05, 3.63) is 30.3 Å². The molecule has 0 spiro atoms. The lowest BCUT2D eigenvalue weighted by molar-refractivity contribution is 0.381. The smallest absolute Gasteiger partial charge is 0.394 e. The van der Waals surface area contributed by atoms with Crippen LogP contribution in [0.5, 0.6) is 5.75 Å². The standard InChI is InChI=1S/C7H8O.H2O4S/c1-8-7-5-3-2-4-6-7;1-5(2,3)4/h2-6H,1H3;(H2,1,2,3,4). The third-order valence-corrected chi connectivity index (χ3v) is 0.979. The average molecular weight is 206 g/mol. The second-order valence-electron chi connectivity index (χ2n) is 1.97. The molecule has 5 nitrogen and oxygen atoms in total. The number of hydrogen-bond acceptors (Lipinski definition) is 3. The molecule has 0 aromatic heterocycles. The van der Waals surface area contributed by atoms with Gasteiger partial charge in [-0.3, -0.25) is 9.11 Å². The molecule has 0 saturated carbocycles. The second kappa shape index (κ2) is 5.52. The highest BCUT2D eigenvalue weighted by Gasteiger charge is 1.84. The van der Waals surface area contributed by atoms with Gasteiger partial charge in [0.15, 0.2) is 0 Å². The summed E-state index contributed by atoms with van der Waals surface area (Å²) in [6.45, 7) is 0. The van der Waals surface area contributed by atoms with Crippen LogP contribution in [0.2, 0.25) is 0 Å². The van der Waals surface area contributed by atoms with Crippen molar-refractivity contribution in [1.29, 1.82) is 0 Å². The van der Waals surface area contributed by atoms with Crippen LogP contribution in [0.4, 0.5) is 0 Å². The molecule has 1 rings (SSSR count). The van der Waals surface area contributed by atoms with E-state index in [4.69, 9.17) is 22.3 Å². The van der Waals surface area contributed by atoms with Crippen molar-refractivity contribution in [2.75, 3.05) is 7.11 Å². The van der Waals surface area contributed by atoms with Crippen LogP contribution in [0.15, 0.2) is 30.3 Å². The van der Waals surface area contributed by atoms with Crippen LogP contribution in [0.3, 0.4) is 0 Å². The molecule has 13 heavy (non-hydrogen) atoms. The molecular formula is C7H10O5S. The molecule has 0 fully saturated rings. The molecule has 0 saturated heterocycles. The van der Waals surface area contributed by atoms with E-state index in [1.165, 1.54) is 0 Å². The highest BCUT2D eigenvalue weighted by molar-refractivity contribution is 7.79. The molecule has 0 aliphatic carbocycles. The van der Waals surface area contributed by atoms with Crippen molar-refractivity contribution < 1.29 is 22.3 Å². The van der Waals surface area contributed by atoms with Crippen molar-refractivity contribution in [3.8, 4) is 5.75 Å². The van der Waals surface area contributed by atoms with E-state index in [-0.39, 0.29) is 0 Å². The Hall–Kier alpha value is -1.11. The Bertz CT molecular complexity index is 310. The van der Waals surface area contributed by atoms with E-state index in [1.54, 1.807) is 7.11 Å². The fourth-order valence-electron chi connectivity index (χ4n) is 0.557. The number of hydrogen-bond donors (Lipinski definition) is 2. The van der Waals surface area contributed by atoms with E-state index < -0.39 is 10.4 Å². The van der Waals surface area contributed by atoms with Gasteiger partial charge >= 0.3 is 10.4 Å². The second-order valence-corrected chi connectivity index (χ2v) is 2.86. The van der Waals surface area contributed by atoms with E-state index in [2.05, 4.69) is 0 Å². The first-order valence-corrected chi connectivity index (χ1v) is 4.62. The topological polar surface area (TPSA) is 83.8 Å². The number of para-hydroxylation sites is 1. The van der Waals surface area contributed by atoms with E-state index in [9.17, 15) is 0 Å². The molecule has 2 N–H and O–H groups in total. The van der Waals surface area contributed by atoms with E-state index >= 15 is 0 Å². The molecule has 0 unspecified atom stereocenters. The summed E-state index contributed by atoms with van der Waals surface area (Å²) in [5, 5.41) is 0. The summed E-state index contributed by atoms with van der Waals surface area (Å²) in [5.41, 5.74) is 0. The molecule has 1 aromatic rings. The summed E-state index contributed by atoms with van der Waals surface area (Å²) in [5.74, 6) is 0.910. The van der Waals surface area contributed by atoms with E-state index in [0.29, 0.717) is 0 Å². The summed E-state index contributed by atoms with van der Waals surface area (Å²) in [6.07, 6.45) is 0. The van der Waals surface area contributed by atoms with Gasteiger partial charge in [-0.1, -0.05) is 18.2 Å². The third kappa shape index (κ3) is 10.9. The predicted molar refractivity (Wildman–Crippen MR) is 47.2 cm³/mol. The Labute approximate surface area is 76.5 Å². The van der Waals surface area contributed by atoms with E-state index in [1.807, 2.05) is 30.3 Å². The third-order valence-electron chi connectivity index (χ3n) is 0.979. The van der Waals surface area contributed by atoms with Crippen LogP contribution in [0.1, 0.15) is 0 Å². The summed E-state index contributed by atoms with van der Waals surface area (Å²) >= 11 is 0. The molecule has 6 heteroatoms. The van der Waals surface area contributed by atoms with Gasteiger partial charge in [0, 0.05) is 0 Å². The van der Waals surface area contributed by atoms with Gasteiger partial charge in [-0.2, -0.15) is 8.42 Å². The zero-order chi connectivity index (χ0) is 10.3. The Morgan fingerprint density at radius 1 is 1.15 bits per heavy atom. The molecule has 0 amide bonds. The summed E-state index contributed by atoms with van der Waals surface area (Å²) in [7, 11) is -3.00. The van der Waals surface area contributed by atoms with E-state index in [0.717, 1.165) is 5.75 Å². The Morgan fingerprint density at radius 2 is 1.54 bits per heavy atom. The first-order chi connectivity index (χ1) is 5.93. The van der Waals surface area contributed by atoms with Gasteiger partial charge in [0.25, 0.3) is 0 Å². The maximum Gasteiger partial charge on any atom is 0.394 e. The first-order valence-electron chi connectivity index (χ1n) is 3.22. The maximum absolute atomic E-state index is 8.74. The lowest BCUT2D eigenvalue weighted by atomic mass is 10.3. The monoisotopic (exact) mass is 206 g/mol.